The van der Waals surface area contributed by atoms with E-state index in [1.54, 1.807) is 20.8 Å². The van der Waals surface area contributed by atoms with Gasteiger partial charge in [-0.25, -0.2) is 0 Å². The third-order valence-corrected chi connectivity index (χ3v) is 3.78. The summed E-state index contributed by atoms with van der Waals surface area (Å²) in [6, 6.07) is 0. The van der Waals surface area contributed by atoms with Gasteiger partial charge in [-0.05, 0) is 13.8 Å². The molecule has 6 atom stereocenters. The van der Waals surface area contributed by atoms with Crippen LogP contribution in [-0.2, 0) is 47.5 Å². The Morgan fingerprint density at radius 1 is 0.963 bits per heavy atom. The standard InChI is InChI=1S/C17H26O10/c1-8(2)25-17(6)26-15-14(23-11(5)20)13(22-10(4)19)12(7-21-9(3)18)24-16(15)27-17/h8,12-16H,7H2,1-6H3. The fourth-order valence-corrected chi connectivity index (χ4v) is 3.06. The lowest BCUT2D eigenvalue weighted by Crippen LogP contribution is -2.60. The minimum atomic E-state index is -1.45. The molecular weight excluding hydrogens is 364 g/mol. The first-order valence-electron chi connectivity index (χ1n) is 8.67. The molecule has 2 rings (SSSR count). The topological polar surface area (TPSA) is 116 Å². The smallest absolute Gasteiger partial charge is 0.303 e. The van der Waals surface area contributed by atoms with Gasteiger partial charge in [0, 0.05) is 27.7 Å². The van der Waals surface area contributed by atoms with Crippen molar-refractivity contribution in [2.75, 3.05) is 6.61 Å². The van der Waals surface area contributed by atoms with Crippen molar-refractivity contribution in [1.82, 2.24) is 0 Å². The summed E-state index contributed by atoms with van der Waals surface area (Å²) in [5.74, 6) is -3.21. The summed E-state index contributed by atoms with van der Waals surface area (Å²) >= 11 is 0. The van der Waals surface area contributed by atoms with Crippen LogP contribution in [0.2, 0.25) is 0 Å². The summed E-state index contributed by atoms with van der Waals surface area (Å²) in [6.07, 6.45) is -5.13. The Hall–Kier alpha value is -1.75. The molecule has 27 heavy (non-hydrogen) atoms. The second-order valence-corrected chi connectivity index (χ2v) is 6.72. The van der Waals surface area contributed by atoms with Crippen molar-refractivity contribution in [3.05, 3.63) is 0 Å². The van der Waals surface area contributed by atoms with Crippen LogP contribution in [0.4, 0.5) is 0 Å². The second-order valence-electron chi connectivity index (χ2n) is 6.72. The molecule has 10 heteroatoms. The molecule has 6 unspecified atom stereocenters. The van der Waals surface area contributed by atoms with Gasteiger partial charge >= 0.3 is 17.9 Å². The maximum atomic E-state index is 11.6. The summed E-state index contributed by atoms with van der Waals surface area (Å²) < 4.78 is 38.6. The number of hydrogen-bond acceptors (Lipinski definition) is 10. The largest absolute Gasteiger partial charge is 0.463 e. The van der Waals surface area contributed by atoms with Crippen LogP contribution < -0.4 is 0 Å². The monoisotopic (exact) mass is 390 g/mol. The lowest BCUT2D eigenvalue weighted by Gasteiger charge is -2.40. The Morgan fingerprint density at radius 3 is 2.07 bits per heavy atom. The Kier molecular flexibility index (Phi) is 6.79. The molecule has 2 aliphatic heterocycles. The maximum absolute atomic E-state index is 11.6. The van der Waals surface area contributed by atoms with E-state index in [1.807, 2.05) is 0 Å². The molecule has 0 amide bonds. The van der Waals surface area contributed by atoms with Gasteiger partial charge in [0.05, 0.1) is 6.10 Å². The number of esters is 3. The van der Waals surface area contributed by atoms with E-state index in [2.05, 4.69) is 0 Å². The molecule has 0 aliphatic carbocycles. The summed E-state index contributed by atoms with van der Waals surface area (Å²) in [7, 11) is 0. The molecular formula is C17H26O10. The molecule has 0 saturated carbocycles. The lowest BCUT2D eigenvalue weighted by atomic mass is 9.98. The zero-order chi connectivity index (χ0) is 20.4. The summed E-state index contributed by atoms with van der Waals surface area (Å²) in [6.45, 7) is 8.60. The van der Waals surface area contributed by atoms with Crippen LogP contribution in [0, 0.1) is 0 Å². The fraction of sp³-hybridized carbons (Fsp3) is 0.824. The Morgan fingerprint density at radius 2 is 1.56 bits per heavy atom. The van der Waals surface area contributed by atoms with Gasteiger partial charge in [-0.2, -0.15) is 0 Å². The summed E-state index contributed by atoms with van der Waals surface area (Å²) in [4.78, 5) is 34.4. The van der Waals surface area contributed by atoms with Gasteiger partial charge in [-0.1, -0.05) is 0 Å². The highest BCUT2D eigenvalue weighted by molar-refractivity contribution is 5.67. The van der Waals surface area contributed by atoms with Crippen molar-refractivity contribution in [3.8, 4) is 0 Å². The van der Waals surface area contributed by atoms with Gasteiger partial charge in [0.2, 0.25) is 0 Å². The molecule has 0 bridgehead atoms. The van der Waals surface area contributed by atoms with E-state index >= 15 is 0 Å². The van der Waals surface area contributed by atoms with Gasteiger partial charge in [-0.15, -0.1) is 0 Å². The highest BCUT2D eigenvalue weighted by atomic mass is 16.9. The van der Waals surface area contributed by atoms with E-state index in [0.29, 0.717) is 0 Å². The Labute approximate surface area is 157 Å². The summed E-state index contributed by atoms with van der Waals surface area (Å²) in [5, 5.41) is 0. The fourth-order valence-electron chi connectivity index (χ4n) is 3.06. The van der Waals surface area contributed by atoms with E-state index < -0.39 is 54.6 Å². The van der Waals surface area contributed by atoms with Crippen molar-refractivity contribution in [1.29, 1.82) is 0 Å². The van der Waals surface area contributed by atoms with Crippen LogP contribution in [0.25, 0.3) is 0 Å². The minimum absolute atomic E-state index is 0.219. The number of carbonyl (C=O) groups excluding carboxylic acids is 3. The maximum Gasteiger partial charge on any atom is 0.303 e. The molecule has 0 aromatic rings. The second kappa shape index (κ2) is 8.51. The van der Waals surface area contributed by atoms with Crippen molar-refractivity contribution in [2.24, 2.45) is 0 Å². The van der Waals surface area contributed by atoms with Crippen LogP contribution in [-0.4, -0.2) is 67.3 Å². The number of hydrogen-bond donors (Lipinski definition) is 0. The molecule has 2 aliphatic rings. The first-order valence-corrected chi connectivity index (χ1v) is 8.67. The normalized spacial score (nSPS) is 35.4. The van der Waals surface area contributed by atoms with E-state index in [1.165, 1.54) is 20.8 Å². The number of ether oxygens (including phenoxy) is 7. The van der Waals surface area contributed by atoms with Crippen molar-refractivity contribution >= 4 is 17.9 Å². The van der Waals surface area contributed by atoms with Crippen LogP contribution in [0.1, 0.15) is 41.5 Å². The molecule has 2 fully saturated rings. The molecule has 0 aromatic heterocycles. The average Bonchev–Trinajstić information content (AvgIpc) is 2.81. The van der Waals surface area contributed by atoms with Crippen LogP contribution in [0.15, 0.2) is 0 Å². The molecule has 0 N–H and O–H groups in total. The molecule has 0 aromatic carbocycles. The summed E-state index contributed by atoms with van der Waals surface area (Å²) in [5.41, 5.74) is 0. The van der Waals surface area contributed by atoms with Crippen LogP contribution in [0.3, 0.4) is 0 Å². The van der Waals surface area contributed by atoms with E-state index in [9.17, 15) is 14.4 Å². The quantitative estimate of drug-likeness (QED) is 0.473. The lowest BCUT2D eigenvalue weighted by molar-refractivity contribution is -0.355. The average molecular weight is 390 g/mol. The minimum Gasteiger partial charge on any atom is -0.463 e. The van der Waals surface area contributed by atoms with Crippen molar-refractivity contribution in [3.63, 3.8) is 0 Å². The predicted molar refractivity (Wildman–Crippen MR) is 87.0 cm³/mol. The first kappa shape index (κ1) is 21.5. The molecule has 2 saturated heterocycles. The van der Waals surface area contributed by atoms with Crippen molar-refractivity contribution in [2.45, 2.75) is 84.3 Å². The predicted octanol–water partition coefficient (Wildman–Crippen LogP) is 0.652. The number of carbonyl (C=O) groups is 3. The number of fused-ring (bicyclic) bond motifs is 1. The van der Waals surface area contributed by atoms with Crippen LogP contribution in [0.5, 0.6) is 0 Å². The van der Waals surface area contributed by atoms with E-state index in [-0.39, 0.29) is 12.7 Å². The third kappa shape index (κ3) is 5.61. The molecule has 10 nitrogen and oxygen atoms in total. The van der Waals surface area contributed by atoms with Crippen LogP contribution >= 0.6 is 0 Å². The highest BCUT2D eigenvalue weighted by Crippen LogP contribution is 2.40. The Bertz CT molecular complexity index is 576. The highest BCUT2D eigenvalue weighted by Gasteiger charge is 2.59. The molecule has 0 spiro atoms. The van der Waals surface area contributed by atoms with E-state index in [0.717, 1.165) is 0 Å². The number of rotatable bonds is 6. The van der Waals surface area contributed by atoms with Gasteiger partial charge in [0.25, 0.3) is 5.97 Å². The zero-order valence-corrected chi connectivity index (χ0v) is 16.3. The molecule has 0 radical (unpaired) electrons. The Balaban J connectivity index is 2.30. The first-order chi connectivity index (χ1) is 12.5. The molecule has 154 valence electrons. The van der Waals surface area contributed by atoms with Gasteiger partial charge in [-0.3, -0.25) is 19.1 Å². The SMILES string of the molecule is CC(=O)OCC1OC2OC(C)(OC(C)C)OC2C(OC(C)=O)C1OC(C)=O. The third-order valence-electron chi connectivity index (χ3n) is 3.78. The van der Waals surface area contributed by atoms with E-state index in [4.69, 9.17) is 33.2 Å². The van der Waals surface area contributed by atoms with Gasteiger partial charge in [0.1, 0.15) is 12.7 Å². The van der Waals surface area contributed by atoms with Gasteiger partial charge in [0.15, 0.2) is 24.6 Å². The van der Waals surface area contributed by atoms with Crippen molar-refractivity contribution < 1.29 is 47.5 Å². The molecule has 2 heterocycles. The zero-order valence-electron chi connectivity index (χ0n) is 16.3. The van der Waals surface area contributed by atoms with Gasteiger partial charge < -0.3 is 28.4 Å².